The van der Waals surface area contributed by atoms with Crippen molar-refractivity contribution in [3.63, 3.8) is 0 Å². The molecule has 26 heavy (non-hydrogen) atoms. The average Bonchev–Trinajstić information content (AvgIpc) is 3.38. The molecule has 1 saturated heterocycles. The molecule has 0 amide bonds. The van der Waals surface area contributed by atoms with Gasteiger partial charge in [0, 0.05) is 37.0 Å². The summed E-state index contributed by atoms with van der Waals surface area (Å²) in [6.07, 6.45) is 3.72. The lowest BCUT2D eigenvalue weighted by Gasteiger charge is -2.29. The van der Waals surface area contributed by atoms with Crippen molar-refractivity contribution in [2.45, 2.75) is 0 Å². The van der Waals surface area contributed by atoms with Crippen molar-refractivity contribution < 1.29 is 4.74 Å². The highest BCUT2D eigenvalue weighted by Gasteiger charge is 2.17. The molecule has 0 N–H and O–H groups in total. The number of ether oxygens (including phenoxy) is 1. The summed E-state index contributed by atoms with van der Waals surface area (Å²) in [5, 5.41) is 9.13. The highest BCUT2D eigenvalue weighted by atomic mass is 16.5. The molecule has 1 fully saturated rings. The SMILES string of the molecule is c1ccc(-c2ccn(-c3cc(N4CCOCC4)n4nccc4n3)n2)cc1. The third kappa shape index (κ3) is 2.62. The topological polar surface area (TPSA) is 60.5 Å². The highest BCUT2D eigenvalue weighted by molar-refractivity contribution is 5.59. The number of rotatable bonds is 3. The van der Waals surface area contributed by atoms with Gasteiger partial charge in [0.2, 0.25) is 0 Å². The Kier molecular flexibility index (Phi) is 3.64. The monoisotopic (exact) mass is 346 g/mol. The molecule has 0 radical (unpaired) electrons. The number of anilines is 1. The number of morpholine rings is 1. The quantitative estimate of drug-likeness (QED) is 0.570. The van der Waals surface area contributed by atoms with Gasteiger partial charge in [-0.1, -0.05) is 30.3 Å². The lowest BCUT2D eigenvalue weighted by atomic mass is 10.2. The summed E-state index contributed by atoms with van der Waals surface area (Å²) in [4.78, 5) is 6.99. The van der Waals surface area contributed by atoms with Crippen LogP contribution in [0, 0.1) is 0 Å². The van der Waals surface area contributed by atoms with Gasteiger partial charge in [0.1, 0.15) is 5.82 Å². The first-order chi connectivity index (χ1) is 12.9. The zero-order chi connectivity index (χ0) is 17.3. The maximum absolute atomic E-state index is 5.48. The van der Waals surface area contributed by atoms with Gasteiger partial charge >= 0.3 is 0 Å². The largest absolute Gasteiger partial charge is 0.378 e. The minimum absolute atomic E-state index is 0.723. The molecule has 0 atom stereocenters. The zero-order valence-corrected chi connectivity index (χ0v) is 14.2. The van der Waals surface area contributed by atoms with E-state index in [1.165, 1.54) is 0 Å². The Morgan fingerprint density at radius 3 is 2.65 bits per heavy atom. The van der Waals surface area contributed by atoms with Crippen LogP contribution in [0.4, 0.5) is 5.82 Å². The summed E-state index contributed by atoms with van der Waals surface area (Å²) in [5.41, 5.74) is 2.82. The van der Waals surface area contributed by atoms with Crippen molar-refractivity contribution in [2.24, 2.45) is 0 Å². The van der Waals surface area contributed by atoms with Gasteiger partial charge < -0.3 is 9.64 Å². The Labute approximate surface area is 150 Å². The van der Waals surface area contributed by atoms with Crippen LogP contribution in [0.25, 0.3) is 22.7 Å². The van der Waals surface area contributed by atoms with Crippen LogP contribution in [-0.2, 0) is 4.74 Å². The van der Waals surface area contributed by atoms with Crippen LogP contribution < -0.4 is 4.90 Å². The van der Waals surface area contributed by atoms with Crippen LogP contribution in [0.3, 0.4) is 0 Å². The highest BCUT2D eigenvalue weighted by Crippen LogP contribution is 2.22. The van der Waals surface area contributed by atoms with Crippen molar-refractivity contribution in [3.8, 4) is 17.1 Å². The van der Waals surface area contributed by atoms with Crippen molar-refractivity contribution in [3.05, 3.63) is 60.9 Å². The predicted octanol–water partition coefficient (Wildman–Crippen LogP) is 2.42. The van der Waals surface area contributed by atoms with E-state index in [2.05, 4.69) is 22.1 Å². The van der Waals surface area contributed by atoms with Crippen molar-refractivity contribution in [2.75, 3.05) is 31.2 Å². The molecule has 0 bridgehead atoms. The van der Waals surface area contributed by atoms with Gasteiger partial charge in [-0.05, 0) is 6.07 Å². The minimum atomic E-state index is 0.723. The number of nitrogens with zero attached hydrogens (tertiary/aromatic N) is 6. The Morgan fingerprint density at radius 2 is 1.81 bits per heavy atom. The summed E-state index contributed by atoms with van der Waals surface area (Å²) in [5.74, 6) is 1.79. The molecular formula is C19H18N6O. The number of hydrogen-bond acceptors (Lipinski definition) is 5. The number of hydrogen-bond donors (Lipinski definition) is 0. The van der Waals surface area contributed by atoms with Crippen LogP contribution in [0.5, 0.6) is 0 Å². The van der Waals surface area contributed by atoms with E-state index in [4.69, 9.17) is 14.8 Å². The fourth-order valence-corrected chi connectivity index (χ4v) is 3.23. The molecule has 7 heteroatoms. The van der Waals surface area contributed by atoms with Gasteiger partial charge in [-0.15, -0.1) is 0 Å². The summed E-state index contributed by atoms with van der Waals surface area (Å²) in [6, 6.07) is 16.1. The fourth-order valence-electron chi connectivity index (χ4n) is 3.23. The molecule has 7 nitrogen and oxygen atoms in total. The third-order valence-corrected chi connectivity index (χ3v) is 4.56. The normalized spacial score (nSPS) is 14.8. The molecule has 0 spiro atoms. The van der Waals surface area contributed by atoms with Gasteiger partial charge in [-0.25, -0.2) is 9.67 Å². The molecule has 3 aromatic heterocycles. The Morgan fingerprint density at radius 1 is 0.962 bits per heavy atom. The molecule has 1 aliphatic rings. The average molecular weight is 346 g/mol. The fraction of sp³-hybridized carbons (Fsp3) is 0.211. The lowest BCUT2D eigenvalue weighted by Crippen LogP contribution is -2.37. The van der Waals surface area contributed by atoms with E-state index in [1.807, 2.05) is 51.8 Å². The van der Waals surface area contributed by atoms with Crippen LogP contribution in [0.2, 0.25) is 0 Å². The first-order valence-corrected chi connectivity index (χ1v) is 8.67. The third-order valence-electron chi connectivity index (χ3n) is 4.56. The van der Waals surface area contributed by atoms with E-state index >= 15 is 0 Å². The maximum Gasteiger partial charge on any atom is 0.159 e. The second-order valence-electron chi connectivity index (χ2n) is 6.18. The minimum Gasteiger partial charge on any atom is -0.378 e. The van der Waals surface area contributed by atoms with E-state index in [0.29, 0.717) is 0 Å². The van der Waals surface area contributed by atoms with Crippen LogP contribution in [0.15, 0.2) is 60.9 Å². The van der Waals surface area contributed by atoms with E-state index in [0.717, 1.165) is 54.8 Å². The number of benzene rings is 1. The summed E-state index contributed by atoms with van der Waals surface area (Å²) >= 11 is 0. The molecule has 5 rings (SSSR count). The van der Waals surface area contributed by atoms with Gasteiger partial charge in [0.25, 0.3) is 0 Å². The van der Waals surface area contributed by atoms with Gasteiger partial charge in [-0.3, -0.25) is 0 Å². The molecule has 130 valence electrons. The van der Waals surface area contributed by atoms with E-state index in [-0.39, 0.29) is 0 Å². The second-order valence-corrected chi connectivity index (χ2v) is 6.18. The van der Waals surface area contributed by atoms with Gasteiger partial charge in [0.15, 0.2) is 11.5 Å². The maximum atomic E-state index is 5.48. The molecule has 4 aromatic rings. The molecule has 1 aliphatic heterocycles. The first kappa shape index (κ1) is 15.1. The molecular weight excluding hydrogens is 328 g/mol. The summed E-state index contributed by atoms with van der Waals surface area (Å²) in [6.45, 7) is 3.13. The molecule has 0 unspecified atom stereocenters. The second kappa shape index (κ2) is 6.27. The Hall–Kier alpha value is -3.19. The lowest BCUT2D eigenvalue weighted by molar-refractivity contribution is 0.122. The summed E-state index contributed by atoms with van der Waals surface area (Å²) in [7, 11) is 0. The van der Waals surface area contributed by atoms with Crippen LogP contribution in [-0.4, -0.2) is 50.7 Å². The van der Waals surface area contributed by atoms with E-state index in [1.54, 1.807) is 6.20 Å². The molecule has 4 heterocycles. The van der Waals surface area contributed by atoms with Crippen molar-refractivity contribution in [1.82, 2.24) is 24.4 Å². The van der Waals surface area contributed by atoms with E-state index < -0.39 is 0 Å². The number of fused-ring (bicyclic) bond motifs is 1. The first-order valence-electron chi connectivity index (χ1n) is 8.67. The van der Waals surface area contributed by atoms with Crippen molar-refractivity contribution in [1.29, 1.82) is 0 Å². The molecule has 0 aliphatic carbocycles. The molecule has 1 aromatic carbocycles. The van der Waals surface area contributed by atoms with Gasteiger partial charge in [0.05, 0.1) is 25.1 Å². The molecule has 0 saturated carbocycles. The van der Waals surface area contributed by atoms with Crippen LogP contribution >= 0.6 is 0 Å². The van der Waals surface area contributed by atoms with Gasteiger partial charge in [-0.2, -0.15) is 14.7 Å². The zero-order valence-electron chi connectivity index (χ0n) is 14.2. The Balaban J connectivity index is 1.58. The Bertz CT molecular complexity index is 1030. The van der Waals surface area contributed by atoms with E-state index in [9.17, 15) is 0 Å². The smallest absolute Gasteiger partial charge is 0.159 e. The van der Waals surface area contributed by atoms with Crippen molar-refractivity contribution >= 4 is 11.5 Å². The van der Waals surface area contributed by atoms with Crippen LogP contribution in [0.1, 0.15) is 0 Å². The predicted molar refractivity (Wildman–Crippen MR) is 98.6 cm³/mol. The summed E-state index contributed by atoms with van der Waals surface area (Å²) < 4.78 is 9.17. The standard InChI is InChI=1S/C19H18N6O/c1-2-4-15(5-3-1)16-7-9-24(22-16)18-14-19(23-10-12-26-13-11-23)25-17(21-18)6-8-20-25/h1-9,14H,10-13H2. The number of aromatic nitrogens is 5.